The molecule has 1 spiro atoms. The fourth-order valence-corrected chi connectivity index (χ4v) is 6.54. The van der Waals surface area contributed by atoms with Crippen molar-refractivity contribution >= 4 is 13.6 Å². The van der Waals surface area contributed by atoms with Crippen LogP contribution in [0.1, 0.15) is 39.8 Å². The van der Waals surface area contributed by atoms with Crippen LogP contribution < -0.4 is 15.8 Å². The molecular formula is C25H33N2O10P. The summed E-state index contributed by atoms with van der Waals surface area (Å²) in [5.41, 5.74) is -2.54. The van der Waals surface area contributed by atoms with Crippen molar-refractivity contribution in [1.29, 1.82) is 0 Å². The van der Waals surface area contributed by atoms with Crippen molar-refractivity contribution in [3.63, 3.8) is 0 Å². The van der Waals surface area contributed by atoms with E-state index in [1.165, 1.54) is 6.20 Å². The summed E-state index contributed by atoms with van der Waals surface area (Å²) in [5, 5.41) is 11.1. The number of ether oxygens (including phenoxy) is 3. The van der Waals surface area contributed by atoms with Gasteiger partial charge in [-0.15, -0.1) is 0 Å². The summed E-state index contributed by atoms with van der Waals surface area (Å²) in [6.45, 7) is 5.19. The van der Waals surface area contributed by atoms with Crippen LogP contribution in [-0.2, 0) is 28.1 Å². The van der Waals surface area contributed by atoms with Crippen molar-refractivity contribution in [3.8, 4) is 5.75 Å². The number of hydrogen-bond donors (Lipinski definition) is 2. The van der Waals surface area contributed by atoms with Crippen LogP contribution in [0.4, 0.5) is 0 Å². The van der Waals surface area contributed by atoms with Gasteiger partial charge in [0, 0.05) is 18.7 Å². The van der Waals surface area contributed by atoms with Crippen molar-refractivity contribution in [2.75, 3.05) is 19.4 Å². The second-order valence-corrected chi connectivity index (χ2v) is 11.7. The molecule has 1 unspecified atom stereocenters. The van der Waals surface area contributed by atoms with Gasteiger partial charge in [0.1, 0.15) is 23.6 Å². The van der Waals surface area contributed by atoms with Gasteiger partial charge in [-0.05, 0) is 32.4 Å². The monoisotopic (exact) mass is 552 g/mol. The van der Waals surface area contributed by atoms with Crippen LogP contribution in [0.5, 0.6) is 5.75 Å². The number of hydrogen-bond acceptors (Lipinski definition) is 10. The highest BCUT2D eigenvalue weighted by Crippen LogP contribution is 2.53. The Hall–Kier alpha value is -2.76. The van der Waals surface area contributed by atoms with Gasteiger partial charge in [0.25, 0.3) is 5.56 Å². The lowest BCUT2D eigenvalue weighted by Gasteiger charge is -2.44. The number of nitrogens with one attached hydrogen (secondary N) is 1. The van der Waals surface area contributed by atoms with E-state index in [-0.39, 0.29) is 24.6 Å². The van der Waals surface area contributed by atoms with Gasteiger partial charge in [0.2, 0.25) is 0 Å². The van der Waals surface area contributed by atoms with E-state index >= 15 is 0 Å². The zero-order valence-corrected chi connectivity index (χ0v) is 22.4. The second-order valence-electron chi connectivity index (χ2n) is 9.63. The number of esters is 1. The number of benzene rings is 1. The first kappa shape index (κ1) is 28.3. The zero-order valence-electron chi connectivity index (χ0n) is 21.5. The van der Waals surface area contributed by atoms with E-state index in [9.17, 15) is 24.1 Å². The molecule has 12 nitrogen and oxygen atoms in total. The Morgan fingerprint density at radius 2 is 1.97 bits per heavy atom. The maximum absolute atomic E-state index is 14.0. The minimum absolute atomic E-state index is 0.253. The van der Waals surface area contributed by atoms with E-state index in [4.69, 9.17) is 23.3 Å². The predicted molar refractivity (Wildman–Crippen MR) is 135 cm³/mol. The summed E-state index contributed by atoms with van der Waals surface area (Å²) < 4.78 is 43.7. The molecule has 208 valence electrons. The molecule has 0 aliphatic carbocycles. The van der Waals surface area contributed by atoms with Gasteiger partial charge >= 0.3 is 19.3 Å². The Bertz CT molecular complexity index is 1270. The van der Waals surface area contributed by atoms with E-state index < -0.39 is 54.8 Å². The second kappa shape index (κ2) is 11.5. The number of nitrogens with zero attached hydrogens (tertiary/aromatic N) is 1. The summed E-state index contributed by atoms with van der Waals surface area (Å²) in [6.07, 6.45) is -1.94. The Morgan fingerprint density at radius 1 is 1.26 bits per heavy atom. The standard InChI is InChI=1S/C25H33N2O10P/c1-4-17(22(30)35-16(2)3)15-38(32,37-18-8-6-5-7-9-18)34-14-19-21(29)25(11-13-33-25)23(36-19)27-12-10-20(28)26-24(27)31/h5-10,12,16-17,19,21,23,29H,4,11,13-15H2,1-3H3,(H,26,28,31)/t17-,19-,21-,23-,25-,38?/m1/s1. The summed E-state index contributed by atoms with van der Waals surface area (Å²) in [5.74, 6) is -0.984. The van der Waals surface area contributed by atoms with E-state index in [0.717, 1.165) is 10.6 Å². The molecule has 0 saturated carbocycles. The van der Waals surface area contributed by atoms with Gasteiger partial charge in [0.15, 0.2) is 6.23 Å². The summed E-state index contributed by atoms with van der Waals surface area (Å²) >= 11 is 0. The van der Waals surface area contributed by atoms with E-state index in [2.05, 4.69) is 4.98 Å². The molecule has 38 heavy (non-hydrogen) atoms. The Kier molecular flexibility index (Phi) is 8.59. The van der Waals surface area contributed by atoms with Crippen molar-refractivity contribution in [1.82, 2.24) is 9.55 Å². The van der Waals surface area contributed by atoms with Gasteiger partial charge in [-0.1, -0.05) is 25.1 Å². The molecule has 2 aliphatic rings. The first-order chi connectivity index (χ1) is 18.1. The first-order valence-corrected chi connectivity index (χ1v) is 14.3. The van der Waals surface area contributed by atoms with Gasteiger partial charge in [-0.2, -0.15) is 0 Å². The Balaban J connectivity index is 1.55. The molecule has 2 aliphatic heterocycles. The molecule has 3 heterocycles. The fourth-order valence-electron chi connectivity index (χ4n) is 4.54. The SMILES string of the molecule is CC[C@H](CP(=O)(OC[C@H]1O[C@@H](n2ccc(=O)[nH]c2=O)[C@@]2(CCO2)[C@@H]1O)Oc1ccccc1)C(=O)OC(C)C. The number of aliphatic hydroxyl groups excluding tert-OH is 1. The highest BCUT2D eigenvalue weighted by Gasteiger charge is 2.62. The quantitative estimate of drug-likeness (QED) is 0.313. The maximum Gasteiger partial charge on any atom is 0.380 e. The van der Waals surface area contributed by atoms with Gasteiger partial charge < -0.3 is 23.8 Å². The molecular weight excluding hydrogens is 519 g/mol. The molecule has 0 radical (unpaired) electrons. The molecule has 1 aromatic carbocycles. The van der Waals surface area contributed by atoms with Crippen LogP contribution in [0, 0.1) is 5.92 Å². The van der Waals surface area contributed by atoms with Crippen LogP contribution in [-0.4, -0.2) is 63.9 Å². The average molecular weight is 553 g/mol. The molecule has 1 aromatic heterocycles. The minimum atomic E-state index is -3.98. The molecule has 13 heteroatoms. The Morgan fingerprint density at radius 3 is 2.55 bits per heavy atom. The fraction of sp³-hybridized carbons (Fsp3) is 0.560. The van der Waals surface area contributed by atoms with Crippen molar-refractivity contribution in [3.05, 3.63) is 63.4 Å². The lowest BCUT2D eigenvalue weighted by Crippen LogP contribution is -2.57. The number of aromatic amines is 1. The number of aromatic nitrogens is 2. The summed E-state index contributed by atoms with van der Waals surface area (Å²) in [6, 6.07) is 9.57. The molecule has 4 rings (SSSR count). The van der Waals surface area contributed by atoms with Gasteiger partial charge in [0.05, 0.1) is 31.4 Å². The van der Waals surface area contributed by atoms with Gasteiger partial charge in [-0.25, -0.2) is 9.36 Å². The summed E-state index contributed by atoms with van der Waals surface area (Å²) in [4.78, 5) is 38.7. The van der Waals surface area contributed by atoms with Crippen LogP contribution in [0.3, 0.4) is 0 Å². The first-order valence-electron chi connectivity index (χ1n) is 12.5. The van der Waals surface area contributed by atoms with Crippen molar-refractivity contribution in [2.24, 2.45) is 5.92 Å². The van der Waals surface area contributed by atoms with Crippen LogP contribution in [0.2, 0.25) is 0 Å². The molecule has 2 fully saturated rings. The highest BCUT2D eigenvalue weighted by atomic mass is 31.2. The van der Waals surface area contributed by atoms with E-state index in [1.54, 1.807) is 51.1 Å². The van der Waals surface area contributed by atoms with E-state index in [0.29, 0.717) is 19.4 Å². The third kappa shape index (κ3) is 5.94. The molecule has 0 amide bonds. The van der Waals surface area contributed by atoms with Crippen LogP contribution in [0.15, 0.2) is 52.2 Å². The lowest BCUT2D eigenvalue weighted by molar-refractivity contribution is -0.227. The molecule has 6 atom stereocenters. The molecule has 2 N–H and O–H groups in total. The topological polar surface area (TPSA) is 155 Å². The highest BCUT2D eigenvalue weighted by molar-refractivity contribution is 7.54. The Labute approximate surface area is 219 Å². The number of H-pyrrole nitrogens is 1. The van der Waals surface area contributed by atoms with Gasteiger partial charge in [-0.3, -0.25) is 23.7 Å². The minimum Gasteiger partial charge on any atom is -0.463 e. The number of carbonyl (C=O) groups is 1. The van der Waals surface area contributed by atoms with E-state index in [1.807, 2.05) is 0 Å². The lowest BCUT2D eigenvalue weighted by atomic mass is 9.86. The van der Waals surface area contributed by atoms with Crippen LogP contribution >= 0.6 is 7.60 Å². The number of aliphatic hydroxyl groups is 1. The maximum atomic E-state index is 14.0. The molecule has 0 bridgehead atoms. The third-order valence-corrected chi connectivity index (χ3v) is 8.51. The summed E-state index contributed by atoms with van der Waals surface area (Å²) in [7, 11) is -3.98. The molecule has 2 aromatic rings. The zero-order chi connectivity index (χ0) is 27.5. The average Bonchev–Trinajstić information content (AvgIpc) is 3.14. The normalized spacial score (nSPS) is 27.0. The predicted octanol–water partition coefficient (Wildman–Crippen LogP) is 2.22. The largest absolute Gasteiger partial charge is 0.463 e. The number of rotatable bonds is 11. The number of carbonyl (C=O) groups excluding carboxylic acids is 1. The van der Waals surface area contributed by atoms with Crippen molar-refractivity contribution < 1.29 is 37.7 Å². The smallest absolute Gasteiger partial charge is 0.380 e. The number of para-hydroxylation sites is 1. The van der Waals surface area contributed by atoms with Crippen LogP contribution in [0.25, 0.3) is 0 Å². The third-order valence-electron chi connectivity index (χ3n) is 6.59. The molecule has 2 saturated heterocycles. The van der Waals surface area contributed by atoms with Crippen molar-refractivity contribution in [2.45, 2.75) is 63.8 Å².